The van der Waals surface area contributed by atoms with Crippen molar-refractivity contribution < 1.29 is 46.1 Å². The normalized spacial score (nSPS) is 17.1. The van der Waals surface area contributed by atoms with Crippen LogP contribution in [-0.2, 0) is 21.0 Å². The molecular formula is C28H27ClF3N3O7S. The van der Waals surface area contributed by atoms with Gasteiger partial charge in [0.1, 0.15) is 18.5 Å². The number of fused-ring (bicyclic) bond motifs is 1. The van der Waals surface area contributed by atoms with Gasteiger partial charge < -0.3 is 19.7 Å². The predicted octanol–water partition coefficient (Wildman–Crippen LogP) is 5.25. The van der Waals surface area contributed by atoms with E-state index in [9.17, 15) is 36.6 Å². The second kappa shape index (κ2) is 12.1. The molecule has 2 aromatic carbocycles. The van der Waals surface area contributed by atoms with Crippen LogP contribution in [0.3, 0.4) is 0 Å². The first-order valence-corrected chi connectivity index (χ1v) is 15.1. The molecule has 0 bridgehead atoms. The third kappa shape index (κ3) is 6.76. The smallest absolute Gasteiger partial charge is 0.417 e. The van der Waals surface area contributed by atoms with E-state index in [0.717, 1.165) is 23.2 Å². The highest BCUT2D eigenvalue weighted by atomic mass is 35.5. The number of aliphatic carboxylic acids is 1. The topological polar surface area (TPSA) is 131 Å². The lowest BCUT2D eigenvalue weighted by molar-refractivity contribution is -0.138. The summed E-state index contributed by atoms with van der Waals surface area (Å²) in [5, 5.41) is 22.6. The first-order chi connectivity index (χ1) is 20.4. The highest BCUT2D eigenvalue weighted by molar-refractivity contribution is 7.93. The van der Waals surface area contributed by atoms with Gasteiger partial charge in [0.2, 0.25) is 0 Å². The van der Waals surface area contributed by atoms with Crippen LogP contribution in [0.1, 0.15) is 48.4 Å². The molecular weight excluding hydrogens is 615 g/mol. The summed E-state index contributed by atoms with van der Waals surface area (Å²) in [5.41, 5.74) is -0.727. The van der Waals surface area contributed by atoms with Gasteiger partial charge in [0.05, 0.1) is 30.4 Å². The number of hydrogen-bond donors (Lipinski definition) is 2. The molecule has 0 saturated heterocycles. The fourth-order valence-electron chi connectivity index (χ4n) is 4.65. The van der Waals surface area contributed by atoms with Crippen molar-refractivity contribution in [2.24, 2.45) is 0 Å². The molecule has 230 valence electrons. The first kappa shape index (κ1) is 30.7. The molecule has 0 amide bonds. The van der Waals surface area contributed by atoms with Gasteiger partial charge in [-0.3, -0.25) is 13.8 Å². The Morgan fingerprint density at radius 2 is 1.98 bits per heavy atom. The second-order valence-corrected chi connectivity index (χ2v) is 12.3. The maximum Gasteiger partial charge on any atom is 0.417 e. The van der Waals surface area contributed by atoms with Gasteiger partial charge >= 0.3 is 12.1 Å². The number of nitrogens with zero attached hydrogens (tertiary/aromatic N) is 3. The lowest BCUT2D eigenvalue weighted by Crippen LogP contribution is -2.43. The van der Waals surface area contributed by atoms with E-state index in [-0.39, 0.29) is 71.4 Å². The maximum absolute atomic E-state index is 14.2. The molecule has 15 heteroatoms. The van der Waals surface area contributed by atoms with Gasteiger partial charge in [-0.05, 0) is 49.1 Å². The molecule has 1 aliphatic carbocycles. The van der Waals surface area contributed by atoms with E-state index in [1.807, 2.05) is 0 Å². The fourth-order valence-corrected chi connectivity index (χ4v) is 6.45. The predicted molar refractivity (Wildman–Crippen MR) is 151 cm³/mol. The third-order valence-electron chi connectivity index (χ3n) is 6.88. The van der Waals surface area contributed by atoms with Crippen molar-refractivity contribution in [2.75, 3.05) is 24.1 Å². The van der Waals surface area contributed by atoms with E-state index in [1.165, 1.54) is 53.4 Å². The first-order valence-electron chi connectivity index (χ1n) is 13.3. The van der Waals surface area contributed by atoms with Crippen LogP contribution in [-0.4, -0.2) is 60.2 Å². The lowest BCUT2D eigenvalue weighted by Gasteiger charge is -2.35. The molecule has 1 atom stereocenters. The van der Waals surface area contributed by atoms with Gasteiger partial charge in [0.25, 0.3) is 15.9 Å². The highest BCUT2D eigenvalue weighted by Crippen LogP contribution is 2.42. The van der Waals surface area contributed by atoms with Crippen LogP contribution >= 0.6 is 11.6 Å². The number of benzene rings is 2. The molecule has 2 heterocycles. The molecule has 5 rings (SSSR count). The Kier molecular flexibility index (Phi) is 8.63. The quantitative estimate of drug-likeness (QED) is 0.272. The van der Waals surface area contributed by atoms with Crippen molar-refractivity contribution in [1.29, 1.82) is 0 Å². The average Bonchev–Trinajstić information content (AvgIpc) is 3.71. The number of alkyl halides is 3. The Bertz CT molecular complexity index is 1660. The molecule has 2 aliphatic rings. The number of aliphatic hydroxyl groups excluding tert-OH is 1. The summed E-state index contributed by atoms with van der Waals surface area (Å²) >= 11 is 6.08. The van der Waals surface area contributed by atoms with Crippen molar-refractivity contribution in [3.05, 3.63) is 64.3 Å². The SMILES string of the molecule is O=C(O)CC[C@H]1CN(S(=O)(=O)c2cn(C3CC3)nc2OCCO)c2cc(/C=C/c3c(Cl)cccc3C(F)(F)F)ccc2O1. The van der Waals surface area contributed by atoms with Crippen molar-refractivity contribution in [2.45, 2.75) is 48.9 Å². The van der Waals surface area contributed by atoms with E-state index >= 15 is 0 Å². The van der Waals surface area contributed by atoms with Crippen molar-refractivity contribution in [1.82, 2.24) is 9.78 Å². The van der Waals surface area contributed by atoms with E-state index in [0.29, 0.717) is 5.56 Å². The average molecular weight is 642 g/mol. The van der Waals surface area contributed by atoms with Crippen molar-refractivity contribution in [3.63, 3.8) is 0 Å². The number of hydrogen-bond acceptors (Lipinski definition) is 7. The number of ether oxygens (including phenoxy) is 2. The maximum atomic E-state index is 14.2. The molecule has 1 aliphatic heterocycles. The Morgan fingerprint density at radius 3 is 2.65 bits per heavy atom. The minimum atomic E-state index is -4.65. The second-order valence-electron chi connectivity index (χ2n) is 10.0. The minimum absolute atomic E-state index is 0.0175. The molecule has 1 saturated carbocycles. The van der Waals surface area contributed by atoms with Crippen LogP contribution in [0.2, 0.25) is 5.02 Å². The van der Waals surface area contributed by atoms with Crippen LogP contribution in [0.25, 0.3) is 12.2 Å². The summed E-state index contributed by atoms with van der Waals surface area (Å²) in [7, 11) is -4.39. The van der Waals surface area contributed by atoms with Gasteiger partial charge in [0, 0.05) is 23.2 Å². The molecule has 0 spiro atoms. The summed E-state index contributed by atoms with van der Waals surface area (Å²) in [4.78, 5) is 11.0. The zero-order valence-electron chi connectivity index (χ0n) is 22.5. The number of sulfonamides is 1. The Labute approximate surface area is 249 Å². The summed E-state index contributed by atoms with van der Waals surface area (Å²) in [6, 6.07) is 7.91. The van der Waals surface area contributed by atoms with E-state index in [4.69, 9.17) is 21.1 Å². The Morgan fingerprint density at radius 1 is 1.21 bits per heavy atom. The number of aliphatic hydroxyl groups is 1. The summed E-state index contributed by atoms with van der Waals surface area (Å²) in [6.07, 6.45) is -0.137. The molecule has 1 fully saturated rings. The van der Waals surface area contributed by atoms with E-state index in [2.05, 4.69) is 5.10 Å². The lowest BCUT2D eigenvalue weighted by atomic mass is 10.0. The zero-order valence-corrected chi connectivity index (χ0v) is 24.1. The Hall–Kier alpha value is -3.75. The van der Waals surface area contributed by atoms with Crippen LogP contribution in [0, 0.1) is 0 Å². The number of carboxylic acids is 1. The summed E-state index contributed by atoms with van der Waals surface area (Å²) in [5.74, 6) is -1.12. The largest absolute Gasteiger partial charge is 0.486 e. The van der Waals surface area contributed by atoms with Crippen LogP contribution in [0.5, 0.6) is 11.6 Å². The van der Waals surface area contributed by atoms with Gasteiger partial charge in [-0.2, -0.15) is 13.2 Å². The minimum Gasteiger partial charge on any atom is -0.486 e. The molecule has 43 heavy (non-hydrogen) atoms. The number of anilines is 1. The summed E-state index contributed by atoms with van der Waals surface area (Å²) in [6.45, 7) is -0.806. The number of rotatable bonds is 11. The molecule has 1 aromatic heterocycles. The molecule has 0 radical (unpaired) electrons. The summed E-state index contributed by atoms with van der Waals surface area (Å²) < 4.78 is 83.1. The van der Waals surface area contributed by atoms with Gasteiger partial charge in [-0.15, -0.1) is 5.10 Å². The van der Waals surface area contributed by atoms with Gasteiger partial charge in [-0.1, -0.05) is 35.9 Å². The number of halogens is 4. The van der Waals surface area contributed by atoms with Gasteiger partial charge in [-0.25, -0.2) is 8.42 Å². The standard InChI is InChI=1S/C28H27ClF3N3O7S/c29-22-3-1-2-21(28(30,31)32)20(22)9-4-17-5-10-24-23(14-17)35(15-19(42-24)8-11-26(37)38)43(39,40)25-16-34(18-6-7-18)33-27(25)41-13-12-36/h1-5,9-10,14,16,18-19,36H,6-8,11-13,15H2,(H,37,38)/b9-4+/t19-/m0/s1. The zero-order chi connectivity index (χ0) is 30.9. The van der Waals surface area contributed by atoms with Crippen LogP contribution < -0.4 is 13.8 Å². The van der Waals surface area contributed by atoms with Crippen LogP contribution in [0.4, 0.5) is 18.9 Å². The van der Waals surface area contributed by atoms with E-state index < -0.39 is 33.8 Å². The van der Waals surface area contributed by atoms with Crippen molar-refractivity contribution >= 4 is 45.4 Å². The molecule has 3 aromatic rings. The monoisotopic (exact) mass is 641 g/mol. The third-order valence-corrected chi connectivity index (χ3v) is 8.97. The number of aromatic nitrogens is 2. The molecule has 2 N–H and O–H groups in total. The molecule has 0 unspecified atom stereocenters. The number of carboxylic acid groups (broad SMARTS) is 1. The van der Waals surface area contributed by atoms with Crippen molar-refractivity contribution in [3.8, 4) is 11.6 Å². The Balaban J connectivity index is 1.56. The van der Waals surface area contributed by atoms with Crippen LogP contribution in [0.15, 0.2) is 47.5 Å². The molecule has 10 nitrogen and oxygen atoms in total. The van der Waals surface area contributed by atoms with E-state index in [1.54, 1.807) is 0 Å². The highest BCUT2D eigenvalue weighted by Gasteiger charge is 2.39. The van der Waals surface area contributed by atoms with Gasteiger partial charge in [0.15, 0.2) is 4.90 Å². The number of carbonyl (C=O) groups is 1. The fraction of sp³-hybridized carbons (Fsp3) is 0.357.